The molecule has 13 heavy (non-hydrogen) atoms. The number of likely N-dealkylation sites (N-methyl/N-ethyl adjacent to an activating group) is 1. The van der Waals surface area contributed by atoms with Crippen molar-refractivity contribution in [3.63, 3.8) is 0 Å². The molecule has 0 spiro atoms. The van der Waals surface area contributed by atoms with Gasteiger partial charge in [0, 0.05) is 19.1 Å². The van der Waals surface area contributed by atoms with Crippen molar-refractivity contribution in [3.8, 4) is 0 Å². The molecule has 0 aromatic carbocycles. The molecule has 0 saturated heterocycles. The Labute approximate surface area is 81.9 Å². The summed E-state index contributed by atoms with van der Waals surface area (Å²) in [5.41, 5.74) is 5.52. The SMILES string of the molecule is CN(C)CCN(CCCN)C1CC1. The Hall–Kier alpha value is -0.120. The molecule has 0 bridgehead atoms. The second-order valence-corrected chi connectivity index (χ2v) is 4.21. The van der Waals surface area contributed by atoms with E-state index in [0.29, 0.717) is 0 Å². The van der Waals surface area contributed by atoms with Crippen molar-refractivity contribution in [2.45, 2.75) is 25.3 Å². The third-order valence-corrected chi connectivity index (χ3v) is 2.55. The average molecular weight is 185 g/mol. The number of hydrogen-bond acceptors (Lipinski definition) is 3. The summed E-state index contributed by atoms with van der Waals surface area (Å²) in [4.78, 5) is 4.84. The first-order chi connectivity index (χ1) is 6.24. The molecule has 0 aromatic rings. The fraction of sp³-hybridized carbons (Fsp3) is 1.00. The van der Waals surface area contributed by atoms with Gasteiger partial charge in [0.2, 0.25) is 0 Å². The molecule has 1 rings (SSSR count). The first kappa shape index (κ1) is 11.0. The molecule has 0 unspecified atom stereocenters. The molecule has 0 heterocycles. The molecule has 0 radical (unpaired) electrons. The highest BCUT2D eigenvalue weighted by Gasteiger charge is 2.27. The van der Waals surface area contributed by atoms with E-state index in [2.05, 4.69) is 23.9 Å². The fourth-order valence-corrected chi connectivity index (χ4v) is 1.54. The Morgan fingerprint density at radius 2 is 1.85 bits per heavy atom. The van der Waals surface area contributed by atoms with Crippen molar-refractivity contribution in [1.82, 2.24) is 9.80 Å². The Balaban J connectivity index is 2.13. The van der Waals surface area contributed by atoms with Crippen molar-refractivity contribution in [2.75, 3.05) is 40.3 Å². The second kappa shape index (κ2) is 5.58. The highest BCUT2D eigenvalue weighted by Crippen LogP contribution is 2.26. The van der Waals surface area contributed by atoms with Crippen LogP contribution in [0.2, 0.25) is 0 Å². The van der Waals surface area contributed by atoms with Crippen LogP contribution in [0.25, 0.3) is 0 Å². The predicted molar refractivity (Wildman–Crippen MR) is 56.8 cm³/mol. The second-order valence-electron chi connectivity index (χ2n) is 4.21. The molecule has 3 nitrogen and oxygen atoms in total. The summed E-state index contributed by atoms with van der Waals surface area (Å²) in [6.07, 6.45) is 3.94. The number of hydrogen-bond donors (Lipinski definition) is 1. The van der Waals surface area contributed by atoms with Crippen LogP contribution in [0.15, 0.2) is 0 Å². The van der Waals surface area contributed by atoms with Gasteiger partial charge in [-0.05, 0) is 46.4 Å². The van der Waals surface area contributed by atoms with E-state index in [9.17, 15) is 0 Å². The van der Waals surface area contributed by atoms with E-state index in [0.717, 1.165) is 19.0 Å². The van der Waals surface area contributed by atoms with Gasteiger partial charge in [0.15, 0.2) is 0 Å². The van der Waals surface area contributed by atoms with Gasteiger partial charge < -0.3 is 10.6 Å². The molecular weight excluding hydrogens is 162 g/mol. The lowest BCUT2D eigenvalue weighted by molar-refractivity contribution is 0.231. The number of rotatable bonds is 7. The molecule has 1 fully saturated rings. The molecule has 0 atom stereocenters. The molecule has 2 N–H and O–H groups in total. The Morgan fingerprint density at radius 1 is 1.15 bits per heavy atom. The van der Waals surface area contributed by atoms with Gasteiger partial charge in [0.1, 0.15) is 0 Å². The standard InChI is InChI=1S/C10H23N3/c1-12(2)8-9-13(7-3-6-11)10-4-5-10/h10H,3-9,11H2,1-2H3. The lowest BCUT2D eigenvalue weighted by Crippen LogP contribution is -2.34. The molecule has 1 aliphatic carbocycles. The molecule has 3 heteroatoms. The maximum Gasteiger partial charge on any atom is 0.0112 e. The van der Waals surface area contributed by atoms with Crippen LogP contribution >= 0.6 is 0 Å². The lowest BCUT2D eigenvalue weighted by Gasteiger charge is -2.23. The average Bonchev–Trinajstić information content (AvgIpc) is 2.87. The lowest BCUT2D eigenvalue weighted by atomic mass is 10.3. The minimum Gasteiger partial charge on any atom is -0.330 e. The smallest absolute Gasteiger partial charge is 0.0112 e. The van der Waals surface area contributed by atoms with Crippen LogP contribution in [0.5, 0.6) is 0 Å². The third kappa shape index (κ3) is 4.60. The number of nitrogens with two attached hydrogens (primary N) is 1. The zero-order valence-corrected chi connectivity index (χ0v) is 9.00. The zero-order chi connectivity index (χ0) is 9.68. The monoisotopic (exact) mass is 185 g/mol. The van der Waals surface area contributed by atoms with Crippen molar-refractivity contribution >= 4 is 0 Å². The van der Waals surface area contributed by atoms with Crippen molar-refractivity contribution < 1.29 is 0 Å². The highest BCUT2D eigenvalue weighted by molar-refractivity contribution is 4.84. The summed E-state index contributed by atoms with van der Waals surface area (Å²) >= 11 is 0. The van der Waals surface area contributed by atoms with E-state index in [-0.39, 0.29) is 0 Å². The Bertz CT molecular complexity index is 132. The van der Waals surface area contributed by atoms with Crippen molar-refractivity contribution in [1.29, 1.82) is 0 Å². The normalized spacial score (nSPS) is 17.3. The van der Waals surface area contributed by atoms with Crippen LogP contribution in [-0.4, -0.2) is 56.1 Å². The Kier molecular flexibility index (Phi) is 4.70. The molecule has 78 valence electrons. The largest absolute Gasteiger partial charge is 0.330 e. The zero-order valence-electron chi connectivity index (χ0n) is 9.00. The van der Waals surface area contributed by atoms with Crippen LogP contribution in [0.3, 0.4) is 0 Å². The quantitative estimate of drug-likeness (QED) is 0.621. The van der Waals surface area contributed by atoms with E-state index in [1.807, 2.05) is 0 Å². The van der Waals surface area contributed by atoms with Gasteiger partial charge in [-0.1, -0.05) is 0 Å². The van der Waals surface area contributed by atoms with Crippen LogP contribution in [-0.2, 0) is 0 Å². The van der Waals surface area contributed by atoms with Crippen molar-refractivity contribution in [2.24, 2.45) is 5.73 Å². The topological polar surface area (TPSA) is 32.5 Å². The van der Waals surface area contributed by atoms with Crippen molar-refractivity contribution in [3.05, 3.63) is 0 Å². The van der Waals surface area contributed by atoms with Gasteiger partial charge in [-0.15, -0.1) is 0 Å². The summed E-state index contributed by atoms with van der Waals surface area (Å²) < 4.78 is 0. The predicted octanol–water partition coefficient (Wildman–Crippen LogP) is 0.361. The molecular formula is C10H23N3. The van der Waals surface area contributed by atoms with E-state index in [1.165, 1.54) is 32.5 Å². The molecule has 0 aliphatic heterocycles. The van der Waals surface area contributed by atoms with Gasteiger partial charge >= 0.3 is 0 Å². The molecule has 1 aliphatic rings. The first-order valence-electron chi connectivity index (χ1n) is 5.33. The maximum absolute atomic E-state index is 5.52. The van der Waals surface area contributed by atoms with E-state index >= 15 is 0 Å². The van der Waals surface area contributed by atoms with Crippen LogP contribution in [0.4, 0.5) is 0 Å². The van der Waals surface area contributed by atoms with Gasteiger partial charge in [-0.2, -0.15) is 0 Å². The minimum absolute atomic E-state index is 0.825. The van der Waals surface area contributed by atoms with Crippen LogP contribution in [0, 0.1) is 0 Å². The highest BCUT2D eigenvalue weighted by atomic mass is 15.2. The number of nitrogens with zero attached hydrogens (tertiary/aromatic N) is 2. The summed E-state index contributed by atoms with van der Waals surface area (Å²) in [5, 5.41) is 0. The van der Waals surface area contributed by atoms with Crippen LogP contribution < -0.4 is 5.73 Å². The molecule has 0 amide bonds. The first-order valence-corrected chi connectivity index (χ1v) is 5.33. The summed E-state index contributed by atoms with van der Waals surface area (Å²) in [6, 6.07) is 0.881. The van der Waals surface area contributed by atoms with E-state index < -0.39 is 0 Å². The van der Waals surface area contributed by atoms with E-state index in [1.54, 1.807) is 0 Å². The van der Waals surface area contributed by atoms with Gasteiger partial charge in [0.25, 0.3) is 0 Å². The third-order valence-electron chi connectivity index (χ3n) is 2.55. The van der Waals surface area contributed by atoms with E-state index in [4.69, 9.17) is 5.73 Å². The molecule has 0 aromatic heterocycles. The fourth-order valence-electron chi connectivity index (χ4n) is 1.54. The van der Waals surface area contributed by atoms with Gasteiger partial charge in [-0.3, -0.25) is 4.90 Å². The summed E-state index contributed by atoms with van der Waals surface area (Å²) in [7, 11) is 4.27. The summed E-state index contributed by atoms with van der Waals surface area (Å²) in [5.74, 6) is 0. The maximum atomic E-state index is 5.52. The van der Waals surface area contributed by atoms with Gasteiger partial charge in [-0.25, -0.2) is 0 Å². The summed E-state index contributed by atoms with van der Waals surface area (Å²) in [6.45, 7) is 4.39. The Morgan fingerprint density at radius 3 is 2.31 bits per heavy atom. The van der Waals surface area contributed by atoms with Gasteiger partial charge in [0.05, 0.1) is 0 Å². The molecule has 1 saturated carbocycles. The van der Waals surface area contributed by atoms with Crippen LogP contribution in [0.1, 0.15) is 19.3 Å². The minimum atomic E-state index is 0.825.